The minimum Gasteiger partial charge on any atom is -0.307 e. The number of halogens is 1. The molecule has 4 N–H and O–H groups in total. The Morgan fingerprint density at radius 3 is 2.80 bits per heavy atom. The van der Waals surface area contributed by atoms with E-state index in [1.54, 1.807) is 0 Å². The molecule has 2 atom stereocenters. The zero-order valence-corrected chi connectivity index (χ0v) is 12.8. The summed E-state index contributed by atoms with van der Waals surface area (Å²) in [5.74, 6) is 6.41. The number of anilines is 1. The van der Waals surface area contributed by atoms with E-state index in [0.29, 0.717) is 18.4 Å². The van der Waals surface area contributed by atoms with Gasteiger partial charge in [0.25, 0.3) is 0 Å². The van der Waals surface area contributed by atoms with Crippen LogP contribution in [0.4, 0.5) is 5.82 Å². The number of hydrogen-bond donors (Lipinski definition) is 3. The van der Waals surface area contributed by atoms with Crippen LogP contribution in [-0.4, -0.2) is 19.9 Å². The molecule has 1 heterocycles. The Morgan fingerprint density at radius 2 is 2.25 bits per heavy atom. The minimum absolute atomic E-state index is 0.0483. The summed E-state index contributed by atoms with van der Waals surface area (Å²) in [4.78, 5) is 3.92. The lowest BCUT2D eigenvalue weighted by molar-refractivity contribution is 0.414. The number of hydrogen-bond acceptors (Lipinski definition) is 5. The number of nitrogens with one attached hydrogen (secondary N) is 2. The molecule has 0 spiro atoms. The number of rotatable bonds is 5. The summed E-state index contributed by atoms with van der Waals surface area (Å²) in [6, 6.07) is 1.34. The van der Waals surface area contributed by atoms with E-state index in [-0.39, 0.29) is 15.7 Å². The van der Waals surface area contributed by atoms with Crippen LogP contribution in [0.5, 0.6) is 0 Å². The molecule has 1 aromatic rings. The van der Waals surface area contributed by atoms with Crippen molar-refractivity contribution in [3.8, 4) is 0 Å². The van der Waals surface area contributed by atoms with E-state index >= 15 is 0 Å². The van der Waals surface area contributed by atoms with Gasteiger partial charge in [-0.15, -0.1) is 0 Å². The third-order valence-electron chi connectivity index (χ3n) is 3.84. The van der Waals surface area contributed by atoms with Crippen molar-refractivity contribution in [2.75, 3.05) is 12.0 Å². The highest BCUT2D eigenvalue weighted by molar-refractivity contribution is 7.89. The largest absolute Gasteiger partial charge is 0.307 e. The molecule has 1 aliphatic rings. The maximum Gasteiger partial charge on any atom is 0.242 e. The third-order valence-corrected chi connectivity index (χ3v) is 5.52. The Morgan fingerprint density at radius 1 is 1.50 bits per heavy atom. The van der Waals surface area contributed by atoms with E-state index in [0.717, 1.165) is 19.3 Å². The maximum atomic E-state index is 12.2. The van der Waals surface area contributed by atoms with Crippen molar-refractivity contribution in [3.05, 3.63) is 17.3 Å². The molecule has 1 fully saturated rings. The van der Waals surface area contributed by atoms with Gasteiger partial charge in [0, 0.05) is 12.7 Å². The van der Waals surface area contributed by atoms with Gasteiger partial charge >= 0.3 is 0 Å². The van der Waals surface area contributed by atoms with Crippen LogP contribution < -0.4 is 16.0 Å². The molecule has 20 heavy (non-hydrogen) atoms. The van der Waals surface area contributed by atoms with Gasteiger partial charge in [0.15, 0.2) is 5.82 Å². The number of nitrogens with zero attached hydrogens (tertiary/aromatic N) is 1. The highest BCUT2D eigenvalue weighted by atomic mass is 35.5. The predicted octanol–water partition coefficient (Wildman–Crippen LogP) is 1.74. The zero-order chi connectivity index (χ0) is 14.8. The SMILES string of the molecule is CC1CCCC1CNS(=O)(=O)c1cnc(NN)c(Cl)c1. The molecule has 0 amide bonds. The Balaban J connectivity index is 2.08. The van der Waals surface area contributed by atoms with E-state index < -0.39 is 10.0 Å². The number of nitrogens with two attached hydrogens (primary N) is 1. The van der Waals surface area contributed by atoms with E-state index in [4.69, 9.17) is 17.4 Å². The number of nitrogen functional groups attached to an aromatic ring is 1. The van der Waals surface area contributed by atoms with E-state index in [1.165, 1.54) is 12.3 Å². The van der Waals surface area contributed by atoms with Gasteiger partial charge in [-0.2, -0.15) is 0 Å². The fraction of sp³-hybridized carbons (Fsp3) is 0.583. The minimum atomic E-state index is -3.58. The molecular formula is C12H19ClN4O2S. The first kappa shape index (κ1) is 15.5. The van der Waals surface area contributed by atoms with Gasteiger partial charge in [0.2, 0.25) is 10.0 Å². The molecule has 0 saturated heterocycles. The molecule has 1 aromatic heterocycles. The standard InChI is InChI=1S/C12H19ClN4O2S/c1-8-3-2-4-9(8)6-16-20(18,19)10-5-11(13)12(17-14)15-7-10/h5,7-9,16H,2-4,6,14H2,1H3,(H,15,17). The normalized spacial score (nSPS) is 22.9. The van der Waals surface area contributed by atoms with Crippen molar-refractivity contribution in [2.24, 2.45) is 17.7 Å². The van der Waals surface area contributed by atoms with E-state index in [1.807, 2.05) is 0 Å². The van der Waals surface area contributed by atoms with Gasteiger partial charge in [0.05, 0.1) is 5.02 Å². The lowest BCUT2D eigenvalue weighted by Crippen LogP contribution is -2.30. The quantitative estimate of drug-likeness (QED) is 0.567. The summed E-state index contributed by atoms with van der Waals surface area (Å²) < 4.78 is 27.0. The van der Waals surface area contributed by atoms with Crippen molar-refractivity contribution in [3.63, 3.8) is 0 Å². The van der Waals surface area contributed by atoms with Crippen LogP contribution in [0.15, 0.2) is 17.2 Å². The molecular weight excluding hydrogens is 300 g/mol. The fourth-order valence-electron chi connectivity index (χ4n) is 2.50. The van der Waals surface area contributed by atoms with Crippen LogP contribution in [0.25, 0.3) is 0 Å². The second kappa shape index (κ2) is 6.26. The van der Waals surface area contributed by atoms with Gasteiger partial charge in [-0.25, -0.2) is 24.0 Å². The van der Waals surface area contributed by atoms with Crippen molar-refractivity contribution in [1.82, 2.24) is 9.71 Å². The fourth-order valence-corrected chi connectivity index (χ4v) is 3.85. The van der Waals surface area contributed by atoms with Gasteiger partial charge in [0.1, 0.15) is 4.90 Å². The average molecular weight is 319 g/mol. The van der Waals surface area contributed by atoms with Crippen LogP contribution in [-0.2, 0) is 10.0 Å². The summed E-state index contributed by atoms with van der Waals surface area (Å²) in [6.07, 6.45) is 4.63. The second-order valence-corrected chi connectivity index (χ2v) is 7.34. The van der Waals surface area contributed by atoms with Gasteiger partial charge in [-0.3, -0.25) is 0 Å². The first-order valence-corrected chi connectivity index (χ1v) is 8.42. The van der Waals surface area contributed by atoms with Crippen LogP contribution >= 0.6 is 11.6 Å². The molecule has 1 aliphatic carbocycles. The van der Waals surface area contributed by atoms with Crippen molar-refractivity contribution in [2.45, 2.75) is 31.1 Å². The maximum absolute atomic E-state index is 12.2. The van der Waals surface area contributed by atoms with Crippen LogP contribution in [0.2, 0.25) is 5.02 Å². The number of sulfonamides is 1. The van der Waals surface area contributed by atoms with Gasteiger partial charge in [-0.1, -0.05) is 31.4 Å². The molecule has 1 saturated carbocycles. The highest BCUT2D eigenvalue weighted by Crippen LogP contribution is 2.30. The zero-order valence-electron chi connectivity index (χ0n) is 11.3. The summed E-state index contributed by atoms with van der Waals surface area (Å²) in [5.41, 5.74) is 2.30. The molecule has 8 heteroatoms. The third kappa shape index (κ3) is 3.41. The van der Waals surface area contributed by atoms with Gasteiger partial charge < -0.3 is 5.43 Å². The van der Waals surface area contributed by atoms with E-state index in [2.05, 4.69) is 22.1 Å². The summed E-state index contributed by atoms with van der Waals surface area (Å²) in [5, 5.41) is 0.171. The molecule has 0 aliphatic heterocycles. The molecule has 2 unspecified atom stereocenters. The Bertz CT molecular complexity index is 579. The Kier molecular flexibility index (Phi) is 4.85. The van der Waals surface area contributed by atoms with E-state index in [9.17, 15) is 8.42 Å². The van der Waals surface area contributed by atoms with Crippen molar-refractivity contribution in [1.29, 1.82) is 0 Å². The predicted molar refractivity (Wildman–Crippen MR) is 78.8 cm³/mol. The average Bonchev–Trinajstić information content (AvgIpc) is 2.82. The number of pyridine rings is 1. The van der Waals surface area contributed by atoms with Crippen molar-refractivity contribution >= 4 is 27.4 Å². The molecule has 0 radical (unpaired) electrons. The monoisotopic (exact) mass is 318 g/mol. The summed E-state index contributed by atoms with van der Waals surface area (Å²) in [6.45, 7) is 2.62. The van der Waals surface area contributed by atoms with Crippen LogP contribution in [0.3, 0.4) is 0 Å². The second-order valence-electron chi connectivity index (χ2n) is 5.17. The topological polar surface area (TPSA) is 97.1 Å². The Labute approximate surface area is 124 Å². The molecule has 0 bridgehead atoms. The van der Waals surface area contributed by atoms with Gasteiger partial charge in [-0.05, 0) is 24.3 Å². The molecule has 2 rings (SSSR count). The number of hydrazine groups is 1. The van der Waals surface area contributed by atoms with Crippen LogP contribution in [0.1, 0.15) is 26.2 Å². The molecule has 0 aromatic carbocycles. The first-order valence-electron chi connectivity index (χ1n) is 6.56. The lowest BCUT2D eigenvalue weighted by Gasteiger charge is -2.16. The van der Waals surface area contributed by atoms with Crippen molar-refractivity contribution < 1.29 is 8.42 Å². The number of aromatic nitrogens is 1. The lowest BCUT2D eigenvalue weighted by atomic mass is 9.99. The molecule has 112 valence electrons. The van der Waals surface area contributed by atoms with Crippen LogP contribution in [0, 0.1) is 11.8 Å². The first-order chi connectivity index (χ1) is 9.44. The Hall–Kier alpha value is -0.890. The summed E-state index contributed by atoms with van der Waals surface area (Å²) >= 11 is 5.89. The molecule has 6 nitrogen and oxygen atoms in total. The smallest absolute Gasteiger partial charge is 0.242 e. The summed E-state index contributed by atoms with van der Waals surface area (Å²) in [7, 11) is -3.58. The highest BCUT2D eigenvalue weighted by Gasteiger charge is 2.25.